The van der Waals surface area contributed by atoms with Crippen LogP contribution < -0.4 is 10.2 Å². The third-order valence-corrected chi connectivity index (χ3v) is 4.21. The van der Waals surface area contributed by atoms with E-state index in [1.807, 2.05) is 54.6 Å². The summed E-state index contributed by atoms with van der Waals surface area (Å²) in [4.78, 5) is 12.0. The lowest BCUT2D eigenvalue weighted by atomic mass is 10.1. The van der Waals surface area contributed by atoms with E-state index in [1.54, 1.807) is 12.1 Å². The Morgan fingerprint density at radius 1 is 1.07 bits per heavy atom. The van der Waals surface area contributed by atoms with E-state index in [0.717, 1.165) is 15.6 Å². The Morgan fingerprint density at radius 3 is 2.63 bits per heavy atom. The quantitative estimate of drug-likeness (QED) is 0.456. The molecule has 0 saturated carbocycles. The highest BCUT2D eigenvalue weighted by molar-refractivity contribution is 9.10. The first-order valence-electron chi connectivity index (χ1n) is 8.21. The van der Waals surface area contributed by atoms with Gasteiger partial charge < -0.3 is 9.84 Å². The number of benzene rings is 3. The van der Waals surface area contributed by atoms with Crippen molar-refractivity contribution in [2.45, 2.75) is 0 Å². The number of ether oxygens (including phenoxy) is 1. The van der Waals surface area contributed by atoms with E-state index in [2.05, 4.69) is 26.5 Å². The molecule has 6 heteroatoms. The predicted octanol–water partition coefficient (Wildman–Crippen LogP) is 4.35. The number of hydrogen-bond donors (Lipinski definition) is 2. The standard InChI is InChI=1S/C21H17BrN2O3/c22-17-10-11-19(25)16(12-17)13-23-24-21(26)14-27-20-9-5-4-8-18(20)15-6-2-1-3-7-15/h1-13,25H,14H2,(H,24,26)/b23-13+. The summed E-state index contributed by atoms with van der Waals surface area (Å²) < 4.78 is 6.46. The fourth-order valence-corrected chi connectivity index (χ4v) is 2.81. The van der Waals surface area contributed by atoms with Gasteiger partial charge in [-0.1, -0.05) is 64.5 Å². The predicted molar refractivity (Wildman–Crippen MR) is 109 cm³/mol. The summed E-state index contributed by atoms with van der Waals surface area (Å²) in [6.07, 6.45) is 1.37. The smallest absolute Gasteiger partial charge is 0.277 e. The van der Waals surface area contributed by atoms with Crippen molar-refractivity contribution in [1.82, 2.24) is 5.43 Å². The van der Waals surface area contributed by atoms with Gasteiger partial charge in [0.05, 0.1) is 6.21 Å². The largest absolute Gasteiger partial charge is 0.507 e. The number of rotatable bonds is 6. The summed E-state index contributed by atoms with van der Waals surface area (Å²) in [5.74, 6) is 0.292. The molecule has 1 amide bonds. The van der Waals surface area contributed by atoms with Crippen molar-refractivity contribution < 1.29 is 14.6 Å². The van der Waals surface area contributed by atoms with Crippen LogP contribution in [0.3, 0.4) is 0 Å². The molecule has 0 spiro atoms. The van der Waals surface area contributed by atoms with Crippen molar-refractivity contribution in [3.8, 4) is 22.6 Å². The van der Waals surface area contributed by atoms with Crippen molar-refractivity contribution in [3.05, 3.63) is 82.8 Å². The Kier molecular flexibility index (Phi) is 6.22. The van der Waals surface area contributed by atoms with Crippen molar-refractivity contribution >= 4 is 28.1 Å². The van der Waals surface area contributed by atoms with Gasteiger partial charge in [0.15, 0.2) is 6.61 Å². The number of hydrazone groups is 1. The molecule has 0 aliphatic heterocycles. The van der Waals surface area contributed by atoms with Gasteiger partial charge in [0, 0.05) is 15.6 Å². The summed E-state index contributed by atoms with van der Waals surface area (Å²) >= 11 is 3.31. The molecule has 27 heavy (non-hydrogen) atoms. The van der Waals surface area contributed by atoms with E-state index in [1.165, 1.54) is 12.3 Å². The van der Waals surface area contributed by atoms with Crippen LogP contribution in [0.2, 0.25) is 0 Å². The van der Waals surface area contributed by atoms with Crippen LogP contribution >= 0.6 is 15.9 Å². The molecule has 136 valence electrons. The number of phenols is 1. The van der Waals surface area contributed by atoms with E-state index in [-0.39, 0.29) is 12.4 Å². The number of phenolic OH excluding ortho intramolecular Hbond substituents is 1. The van der Waals surface area contributed by atoms with Crippen LogP contribution in [0.1, 0.15) is 5.56 Å². The lowest BCUT2D eigenvalue weighted by molar-refractivity contribution is -0.123. The number of carbonyl (C=O) groups excluding carboxylic acids is 1. The highest BCUT2D eigenvalue weighted by Gasteiger charge is 2.08. The van der Waals surface area contributed by atoms with Crippen molar-refractivity contribution in [2.24, 2.45) is 5.10 Å². The highest BCUT2D eigenvalue weighted by Crippen LogP contribution is 2.29. The highest BCUT2D eigenvalue weighted by atomic mass is 79.9. The van der Waals surface area contributed by atoms with Gasteiger partial charge in [-0.2, -0.15) is 5.10 Å². The Morgan fingerprint density at radius 2 is 1.81 bits per heavy atom. The van der Waals surface area contributed by atoms with E-state index in [4.69, 9.17) is 4.74 Å². The molecule has 0 aromatic heterocycles. The first-order valence-corrected chi connectivity index (χ1v) is 9.00. The average Bonchev–Trinajstić information content (AvgIpc) is 2.70. The number of amides is 1. The monoisotopic (exact) mass is 424 g/mol. The fourth-order valence-electron chi connectivity index (χ4n) is 2.43. The molecule has 0 atom stereocenters. The van der Waals surface area contributed by atoms with Gasteiger partial charge in [-0.05, 0) is 29.8 Å². The van der Waals surface area contributed by atoms with Gasteiger partial charge in [0.1, 0.15) is 11.5 Å². The molecule has 0 aliphatic carbocycles. The normalized spacial score (nSPS) is 10.7. The molecule has 0 unspecified atom stereocenters. The molecule has 5 nitrogen and oxygen atoms in total. The second-order valence-electron chi connectivity index (χ2n) is 5.65. The van der Waals surface area contributed by atoms with E-state index in [0.29, 0.717) is 11.3 Å². The summed E-state index contributed by atoms with van der Waals surface area (Å²) in [6, 6.07) is 22.3. The number of aromatic hydroxyl groups is 1. The summed E-state index contributed by atoms with van der Waals surface area (Å²) in [7, 11) is 0. The summed E-state index contributed by atoms with van der Waals surface area (Å²) in [5, 5.41) is 13.6. The lowest BCUT2D eigenvalue weighted by Crippen LogP contribution is -2.24. The van der Waals surface area contributed by atoms with E-state index < -0.39 is 5.91 Å². The molecule has 3 rings (SSSR count). The van der Waals surface area contributed by atoms with Crippen molar-refractivity contribution in [2.75, 3.05) is 6.61 Å². The number of halogens is 1. The second kappa shape index (κ2) is 9.00. The molecule has 0 heterocycles. The summed E-state index contributed by atoms with van der Waals surface area (Å²) in [5.41, 5.74) is 4.79. The van der Waals surface area contributed by atoms with Gasteiger partial charge in [0.25, 0.3) is 5.91 Å². The zero-order valence-corrected chi connectivity index (χ0v) is 15.9. The molecule has 0 saturated heterocycles. The molecular formula is C21H17BrN2O3. The summed E-state index contributed by atoms with van der Waals surface area (Å²) in [6.45, 7) is -0.175. The van der Waals surface area contributed by atoms with Gasteiger partial charge in [-0.15, -0.1) is 0 Å². The molecule has 2 N–H and O–H groups in total. The van der Waals surface area contributed by atoms with Crippen LogP contribution in [0.4, 0.5) is 0 Å². The van der Waals surface area contributed by atoms with Gasteiger partial charge in [-0.3, -0.25) is 4.79 Å². The third-order valence-electron chi connectivity index (χ3n) is 3.71. The van der Waals surface area contributed by atoms with Crippen molar-refractivity contribution in [3.63, 3.8) is 0 Å². The van der Waals surface area contributed by atoms with E-state index in [9.17, 15) is 9.90 Å². The lowest BCUT2D eigenvalue weighted by Gasteiger charge is -2.10. The minimum atomic E-state index is -0.399. The molecule has 0 aliphatic rings. The zero-order valence-electron chi connectivity index (χ0n) is 14.3. The fraction of sp³-hybridized carbons (Fsp3) is 0.0476. The van der Waals surface area contributed by atoms with Gasteiger partial charge in [-0.25, -0.2) is 5.43 Å². The van der Waals surface area contributed by atoms with Crippen LogP contribution in [0.15, 0.2) is 82.4 Å². The maximum atomic E-state index is 12.0. The molecule has 0 bridgehead atoms. The SMILES string of the molecule is O=C(COc1ccccc1-c1ccccc1)N/N=C/c1cc(Br)ccc1O. The Bertz CT molecular complexity index is 959. The maximum absolute atomic E-state index is 12.0. The number of nitrogens with one attached hydrogen (secondary N) is 1. The van der Waals surface area contributed by atoms with Crippen LogP contribution in [-0.2, 0) is 4.79 Å². The van der Waals surface area contributed by atoms with Crippen LogP contribution in [-0.4, -0.2) is 23.8 Å². The number of nitrogens with zero attached hydrogens (tertiary/aromatic N) is 1. The third kappa shape index (κ3) is 5.18. The van der Waals surface area contributed by atoms with Gasteiger partial charge >= 0.3 is 0 Å². The first-order chi connectivity index (χ1) is 13.1. The van der Waals surface area contributed by atoms with Crippen LogP contribution in [0.25, 0.3) is 11.1 Å². The minimum Gasteiger partial charge on any atom is -0.507 e. The zero-order chi connectivity index (χ0) is 19.1. The number of carbonyl (C=O) groups is 1. The topological polar surface area (TPSA) is 70.9 Å². The Labute approximate surface area is 165 Å². The van der Waals surface area contributed by atoms with Crippen LogP contribution in [0.5, 0.6) is 11.5 Å². The maximum Gasteiger partial charge on any atom is 0.277 e. The number of para-hydroxylation sites is 1. The van der Waals surface area contributed by atoms with E-state index >= 15 is 0 Å². The first kappa shape index (κ1) is 18.7. The Balaban J connectivity index is 1.60. The second-order valence-corrected chi connectivity index (χ2v) is 6.56. The van der Waals surface area contributed by atoms with Gasteiger partial charge in [0.2, 0.25) is 0 Å². The molecule has 3 aromatic rings. The number of hydrogen-bond acceptors (Lipinski definition) is 4. The van der Waals surface area contributed by atoms with Crippen molar-refractivity contribution in [1.29, 1.82) is 0 Å². The molecule has 0 fully saturated rings. The average molecular weight is 425 g/mol. The molecular weight excluding hydrogens is 408 g/mol. The van der Waals surface area contributed by atoms with Crippen LogP contribution in [0, 0.1) is 0 Å². The molecule has 0 radical (unpaired) electrons. The Hall–Kier alpha value is -3.12. The molecule has 3 aromatic carbocycles. The minimum absolute atomic E-state index is 0.0734.